The summed E-state index contributed by atoms with van der Waals surface area (Å²) in [5, 5.41) is 7.41. The number of piperidine rings is 3. The number of amides is 1. The molecule has 1 N–H and O–H groups in total. The third-order valence-corrected chi connectivity index (χ3v) is 5.56. The maximum absolute atomic E-state index is 12.6. The van der Waals surface area contributed by atoms with Crippen molar-refractivity contribution in [3.05, 3.63) is 36.7 Å². The quantitative estimate of drug-likeness (QED) is 0.933. The zero-order valence-electron chi connectivity index (χ0n) is 14.7. The molecule has 2 bridgehead atoms. The first kappa shape index (κ1) is 16.1. The Balaban J connectivity index is 1.46. The molecule has 2 aromatic rings. The zero-order chi connectivity index (χ0) is 17.4. The van der Waals surface area contributed by atoms with Gasteiger partial charge in [0.25, 0.3) is 0 Å². The molecule has 5 rings (SSSR count). The first-order valence-corrected chi connectivity index (χ1v) is 8.88. The van der Waals surface area contributed by atoms with E-state index in [4.69, 9.17) is 4.74 Å². The number of aromatic nitrogens is 2. The van der Waals surface area contributed by atoms with Gasteiger partial charge in [0.05, 0.1) is 13.3 Å². The third-order valence-electron chi connectivity index (χ3n) is 5.56. The van der Waals surface area contributed by atoms with Crippen LogP contribution in [-0.2, 0) is 0 Å². The first-order valence-electron chi connectivity index (χ1n) is 8.88. The van der Waals surface area contributed by atoms with Crippen molar-refractivity contribution < 1.29 is 9.53 Å². The van der Waals surface area contributed by atoms with Crippen LogP contribution >= 0.6 is 0 Å². The maximum atomic E-state index is 12.6. The summed E-state index contributed by atoms with van der Waals surface area (Å²) in [6, 6.07) is 8.46. The van der Waals surface area contributed by atoms with Crippen molar-refractivity contribution in [2.45, 2.75) is 31.8 Å². The Bertz CT molecular complexity index is 772. The van der Waals surface area contributed by atoms with Gasteiger partial charge in [0.2, 0.25) is 0 Å². The Kier molecular flexibility index (Phi) is 4.21. The standard InChI is InChI=1S/C19H24N4O2/c1-13-8-15-6-7-22(13)12-18(15)21-19(24)23-11-16(10-20-23)14-4-3-5-17(9-14)25-2/h3-5,9-11,13,15,18H,6-8,12H2,1-2H3,(H,21,24)/t13?,15?,18-/m0/s1. The topological polar surface area (TPSA) is 59.4 Å². The largest absolute Gasteiger partial charge is 0.497 e. The highest BCUT2D eigenvalue weighted by molar-refractivity contribution is 5.78. The van der Waals surface area contributed by atoms with E-state index in [1.54, 1.807) is 19.5 Å². The van der Waals surface area contributed by atoms with E-state index in [0.29, 0.717) is 12.0 Å². The average Bonchev–Trinajstić information content (AvgIpc) is 3.13. The highest BCUT2D eigenvalue weighted by atomic mass is 16.5. The molecule has 1 aromatic heterocycles. The number of hydrogen-bond donors (Lipinski definition) is 1. The second kappa shape index (κ2) is 6.52. The van der Waals surface area contributed by atoms with E-state index in [1.807, 2.05) is 24.3 Å². The Morgan fingerprint density at radius 2 is 2.24 bits per heavy atom. The lowest BCUT2D eigenvalue weighted by atomic mass is 9.80. The summed E-state index contributed by atoms with van der Waals surface area (Å²) in [5.74, 6) is 1.37. The predicted molar refractivity (Wildman–Crippen MR) is 95.7 cm³/mol. The van der Waals surface area contributed by atoms with Gasteiger partial charge in [-0.3, -0.25) is 4.90 Å². The molecule has 6 heteroatoms. The Labute approximate surface area is 147 Å². The minimum absolute atomic E-state index is 0.152. The van der Waals surface area contributed by atoms with Crippen LogP contribution in [-0.4, -0.2) is 53.0 Å². The number of hydrogen-bond acceptors (Lipinski definition) is 4. The lowest BCUT2D eigenvalue weighted by Crippen LogP contribution is -2.60. The molecule has 4 heterocycles. The van der Waals surface area contributed by atoms with Crippen LogP contribution in [0.1, 0.15) is 19.8 Å². The summed E-state index contributed by atoms with van der Waals surface area (Å²) in [7, 11) is 1.64. The molecule has 3 fully saturated rings. The van der Waals surface area contributed by atoms with E-state index in [2.05, 4.69) is 22.2 Å². The van der Waals surface area contributed by atoms with Crippen molar-refractivity contribution in [2.75, 3.05) is 20.2 Å². The van der Waals surface area contributed by atoms with Gasteiger partial charge < -0.3 is 10.1 Å². The van der Waals surface area contributed by atoms with Crippen LogP contribution in [0.2, 0.25) is 0 Å². The molecular formula is C19H24N4O2. The molecule has 6 nitrogen and oxygen atoms in total. The second-order valence-electron chi connectivity index (χ2n) is 7.09. The number of nitrogens with one attached hydrogen (secondary N) is 1. The van der Waals surface area contributed by atoms with E-state index in [-0.39, 0.29) is 12.1 Å². The highest BCUT2D eigenvalue weighted by Crippen LogP contribution is 2.32. The van der Waals surface area contributed by atoms with Crippen molar-refractivity contribution >= 4 is 6.03 Å². The monoisotopic (exact) mass is 340 g/mol. The van der Waals surface area contributed by atoms with Gasteiger partial charge >= 0.3 is 6.03 Å². The predicted octanol–water partition coefficient (Wildman–Crippen LogP) is 2.60. The molecule has 0 saturated carbocycles. The lowest BCUT2D eigenvalue weighted by Gasteiger charge is -2.48. The van der Waals surface area contributed by atoms with E-state index in [0.717, 1.165) is 30.0 Å². The summed E-state index contributed by atoms with van der Waals surface area (Å²) >= 11 is 0. The molecule has 3 aliphatic rings. The summed E-state index contributed by atoms with van der Waals surface area (Å²) in [5.41, 5.74) is 1.88. The molecule has 1 amide bonds. The van der Waals surface area contributed by atoms with Gasteiger partial charge in [-0.15, -0.1) is 0 Å². The Hall–Kier alpha value is -2.34. The number of methoxy groups -OCH3 is 1. The SMILES string of the molecule is COc1cccc(-c2cnn(C(=O)N[C@H]3CN4CCC3CC4C)c2)c1. The number of rotatable bonds is 3. The highest BCUT2D eigenvalue weighted by Gasteiger charge is 2.38. The molecule has 0 spiro atoms. The number of benzene rings is 1. The molecule has 0 aliphatic carbocycles. The van der Waals surface area contributed by atoms with Crippen molar-refractivity contribution in [3.63, 3.8) is 0 Å². The molecule has 132 valence electrons. The minimum Gasteiger partial charge on any atom is -0.497 e. The second-order valence-corrected chi connectivity index (χ2v) is 7.09. The van der Waals surface area contributed by atoms with E-state index < -0.39 is 0 Å². The van der Waals surface area contributed by atoms with Crippen LogP contribution in [0.4, 0.5) is 4.79 Å². The van der Waals surface area contributed by atoms with Crippen molar-refractivity contribution in [1.82, 2.24) is 20.0 Å². The van der Waals surface area contributed by atoms with Crippen LogP contribution in [0.3, 0.4) is 0 Å². The molecule has 1 aromatic carbocycles. The van der Waals surface area contributed by atoms with Crippen LogP contribution in [0.15, 0.2) is 36.7 Å². The van der Waals surface area contributed by atoms with Gasteiger partial charge in [0.1, 0.15) is 5.75 Å². The van der Waals surface area contributed by atoms with Gasteiger partial charge in [0.15, 0.2) is 0 Å². The lowest BCUT2D eigenvalue weighted by molar-refractivity contribution is 0.0321. The number of carbonyl (C=O) groups excluding carboxylic acids is 1. The van der Waals surface area contributed by atoms with E-state index >= 15 is 0 Å². The average molecular weight is 340 g/mol. The molecule has 0 radical (unpaired) electrons. The van der Waals surface area contributed by atoms with Gasteiger partial charge in [-0.25, -0.2) is 4.79 Å². The molecular weight excluding hydrogens is 316 g/mol. The van der Waals surface area contributed by atoms with Gasteiger partial charge in [0, 0.05) is 30.4 Å². The fourth-order valence-electron chi connectivity index (χ4n) is 4.07. The zero-order valence-corrected chi connectivity index (χ0v) is 14.7. The molecule has 3 saturated heterocycles. The smallest absolute Gasteiger partial charge is 0.342 e. The normalized spacial score (nSPS) is 27.9. The minimum atomic E-state index is -0.152. The fourth-order valence-corrected chi connectivity index (χ4v) is 4.07. The Morgan fingerprint density at radius 1 is 1.36 bits per heavy atom. The van der Waals surface area contributed by atoms with Crippen LogP contribution in [0.25, 0.3) is 11.1 Å². The number of carbonyl (C=O) groups is 1. The fraction of sp³-hybridized carbons (Fsp3) is 0.474. The van der Waals surface area contributed by atoms with Gasteiger partial charge in [-0.2, -0.15) is 9.78 Å². The van der Waals surface area contributed by atoms with E-state index in [1.165, 1.54) is 17.5 Å². The number of ether oxygens (including phenoxy) is 1. The maximum Gasteiger partial charge on any atom is 0.342 e. The van der Waals surface area contributed by atoms with Gasteiger partial charge in [-0.1, -0.05) is 12.1 Å². The van der Waals surface area contributed by atoms with Crippen LogP contribution in [0.5, 0.6) is 5.75 Å². The summed E-state index contributed by atoms with van der Waals surface area (Å²) in [4.78, 5) is 15.1. The number of nitrogens with zero attached hydrogens (tertiary/aromatic N) is 3. The van der Waals surface area contributed by atoms with Crippen molar-refractivity contribution in [2.24, 2.45) is 5.92 Å². The molecule has 3 unspecified atom stereocenters. The summed E-state index contributed by atoms with van der Waals surface area (Å²) < 4.78 is 6.66. The van der Waals surface area contributed by atoms with Gasteiger partial charge in [-0.05, 0) is 49.9 Å². The van der Waals surface area contributed by atoms with Crippen molar-refractivity contribution in [3.8, 4) is 16.9 Å². The third kappa shape index (κ3) is 3.14. The van der Waals surface area contributed by atoms with Crippen molar-refractivity contribution in [1.29, 1.82) is 0 Å². The van der Waals surface area contributed by atoms with Crippen LogP contribution < -0.4 is 10.1 Å². The Morgan fingerprint density at radius 3 is 2.96 bits per heavy atom. The number of fused-ring (bicyclic) bond motifs is 3. The van der Waals surface area contributed by atoms with Crippen LogP contribution in [0, 0.1) is 5.92 Å². The first-order chi connectivity index (χ1) is 12.1. The molecule has 3 aliphatic heterocycles. The molecule has 25 heavy (non-hydrogen) atoms. The van der Waals surface area contributed by atoms with E-state index in [9.17, 15) is 4.79 Å². The summed E-state index contributed by atoms with van der Waals surface area (Å²) in [6.45, 7) is 4.37. The molecule has 4 atom stereocenters. The summed E-state index contributed by atoms with van der Waals surface area (Å²) in [6.07, 6.45) is 5.82.